The molecule has 0 aliphatic heterocycles. The monoisotopic (exact) mass is 353 g/mol. The molecule has 0 radical (unpaired) electrons. The highest BCUT2D eigenvalue weighted by Gasteiger charge is 2.15. The van der Waals surface area contributed by atoms with Gasteiger partial charge in [-0.2, -0.15) is 0 Å². The normalized spacial score (nSPS) is 12.2. The average molecular weight is 353 g/mol. The summed E-state index contributed by atoms with van der Waals surface area (Å²) in [5.74, 6) is -0.137. The predicted octanol–water partition coefficient (Wildman–Crippen LogP) is 2.91. The van der Waals surface area contributed by atoms with Crippen LogP contribution in [0.2, 0.25) is 0 Å². The summed E-state index contributed by atoms with van der Waals surface area (Å²) in [4.78, 5) is 1.28. The van der Waals surface area contributed by atoms with Crippen LogP contribution < -0.4 is 4.90 Å². The molecule has 0 fully saturated rings. The molecule has 1 N–H and O–H groups in total. The van der Waals surface area contributed by atoms with E-state index in [0.717, 1.165) is 25.2 Å². The van der Waals surface area contributed by atoms with E-state index in [2.05, 4.69) is 47.2 Å². The summed E-state index contributed by atoms with van der Waals surface area (Å²) in [6.45, 7) is 3.81. The summed E-state index contributed by atoms with van der Waals surface area (Å²) in [6, 6.07) is 21.7. The Labute approximate surface area is 154 Å². The van der Waals surface area contributed by atoms with Crippen molar-refractivity contribution in [3.8, 4) is 0 Å². The summed E-state index contributed by atoms with van der Waals surface area (Å²) in [5.41, 5.74) is 3.27. The topological polar surface area (TPSA) is 18.6 Å². The third-order valence-corrected chi connectivity index (χ3v) is 4.61. The number of halogens is 1. The van der Waals surface area contributed by atoms with Gasteiger partial charge in [0.05, 0.1) is 12.3 Å². The van der Waals surface area contributed by atoms with Crippen LogP contribution >= 0.6 is 0 Å². The Morgan fingerprint density at radius 1 is 0.923 bits per heavy atom. The molecule has 3 nitrogen and oxygen atoms in total. The van der Waals surface area contributed by atoms with Gasteiger partial charge in [0.15, 0.2) is 0 Å². The highest BCUT2D eigenvalue weighted by atomic mass is 19.1. The van der Waals surface area contributed by atoms with E-state index in [0.29, 0.717) is 13.2 Å². The second kappa shape index (κ2) is 9.32. The molecule has 0 bridgehead atoms. The molecule has 0 spiro atoms. The van der Waals surface area contributed by atoms with E-state index in [1.807, 2.05) is 18.2 Å². The minimum absolute atomic E-state index is 0.137. The van der Waals surface area contributed by atoms with Crippen LogP contribution in [-0.4, -0.2) is 24.8 Å². The molecule has 1 aromatic heterocycles. The maximum absolute atomic E-state index is 14.1. The number of hydrogen-bond donors (Lipinski definition) is 1. The number of quaternary nitrogens is 1. The van der Waals surface area contributed by atoms with Gasteiger partial charge in [-0.15, -0.1) is 0 Å². The van der Waals surface area contributed by atoms with Crippen molar-refractivity contribution < 1.29 is 14.0 Å². The number of nitrogens with one attached hydrogen (secondary N) is 1. The first-order chi connectivity index (χ1) is 12.8. The first-order valence-electron chi connectivity index (χ1n) is 9.00. The number of rotatable bonds is 9. The molecule has 26 heavy (non-hydrogen) atoms. The second-order valence-electron chi connectivity index (χ2n) is 6.55. The van der Waals surface area contributed by atoms with Crippen molar-refractivity contribution in [2.75, 3.05) is 20.3 Å². The molecule has 3 aromatic rings. The Morgan fingerprint density at radius 3 is 2.46 bits per heavy atom. The van der Waals surface area contributed by atoms with Crippen LogP contribution in [-0.2, 0) is 24.4 Å². The zero-order valence-electron chi connectivity index (χ0n) is 15.2. The smallest absolute Gasteiger partial charge is 0.132 e. The second-order valence-corrected chi connectivity index (χ2v) is 6.55. The Morgan fingerprint density at radius 2 is 1.69 bits per heavy atom. The Balaban J connectivity index is 1.73. The minimum atomic E-state index is -0.137. The molecular weight excluding hydrogens is 327 g/mol. The van der Waals surface area contributed by atoms with Gasteiger partial charge >= 0.3 is 0 Å². The molecule has 0 saturated carbocycles. The van der Waals surface area contributed by atoms with E-state index in [4.69, 9.17) is 4.74 Å². The van der Waals surface area contributed by atoms with Crippen molar-refractivity contribution in [2.45, 2.75) is 19.6 Å². The zero-order chi connectivity index (χ0) is 18.2. The van der Waals surface area contributed by atoms with Crippen molar-refractivity contribution in [1.29, 1.82) is 0 Å². The van der Waals surface area contributed by atoms with E-state index in [1.165, 1.54) is 22.2 Å². The van der Waals surface area contributed by atoms with Gasteiger partial charge in [-0.05, 0) is 23.8 Å². The van der Waals surface area contributed by atoms with Gasteiger partial charge in [0.25, 0.3) is 0 Å². The summed E-state index contributed by atoms with van der Waals surface area (Å²) in [5, 5.41) is 0. The van der Waals surface area contributed by atoms with Gasteiger partial charge in [0.2, 0.25) is 0 Å². The third kappa shape index (κ3) is 5.04. The molecule has 0 aliphatic carbocycles. The van der Waals surface area contributed by atoms with Crippen LogP contribution in [0.1, 0.15) is 16.8 Å². The molecule has 1 heterocycles. The van der Waals surface area contributed by atoms with Crippen LogP contribution in [0.4, 0.5) is 4.39 Å². The molecule has 0 aliphatic rings. The van der Waals surface area contributed by atoms with Crippen molar-refractivity contribution in [3.05, 3.63) is 95.6 Å². The van der Waals surface area contributed by atoms with E-state index in [1.54, 1.807) is 13.2 Å². The molecule has 2 aromatic carbocycles. The van der Waals surface area contributed by atoms with Gasteiger partial charge in [-0.1, -0.05) is 48.5 Å². The van der Waals surface area contributed by atoms with E-state index >= 15 is 0 Å². The number of hydrogen-bond acceptors (Lipinski definition) is 1. The highest BCUT2D eigenvalue weighted by Crippen LogP contribution is 2.08. The SMILES string of the molecule is COCC[NH+](Cc1ccccc1F)Cc1cccn1Cc1ccccc1. The number of methoxy groups -OCH3 is 1. The number of aromatic nitrogens is 1. The van der Waals surface area contributed by atoms with Crippen LogP contribution in [0.3, 0.4) is 0 Å². The zero-order valence-corrected chi connectivity index (χ0v) is 15.2. The van der Waals surface area contributed by atoms with Gasteiger partial charge in [-0.3, -0.25) is 0 Å². The molecule has 3 rings (SSSR count). The van der Waals surface area contributed by atoms with Crippen molar-refractivity contribution in [2.24, 2.45) is 0 Å². The van der Waals surface area contributed by atoms with Crippen molar-refractivity contribution in [1.82, 2.24) is 4.57 Å². The number of ether oxygens (including phenoxy) is 1. The Kier molecular flexibility index (Phi) is 6.58. The molecule has 0 saturated heterocycles. The summed E-state index contributed by atoms with van der Waals surface area (Å²) in [7, 11) is 1.71. The summed E-state index contributed by atoms with van der Waals surface area (Å²) >= 11 is 0. The fourth-order valence-corrected chi connectivity index (χ4v) is 3.20. The van der Waals surface area contributed by atoms with E-state index in [-0.39, 0.29) is 5.82 Å². The van der Waals surface area contributed by atoms with Crippen LogP contribution in [0, 0.1) is 5.82 Å². The molecule has 0 amide bonds. The van der Waals surface area contributed by atoms with Crippen LogP contribution in [0.15, 0.2) is 72.9 Å². The molecule has 4 heteroatoms. The first-order valence-corrected chi connectivity index (χ1v) is 9.00. The average Bonchev–Trinajstić information content (AvgIpc) is 3.09. The quantitative estimate of drug-likeness (QED) is 0.627. The number of benzene rings is 2. The lowest BCUT2D eigenvalue weighted by molar-refractivity contribution is -0.928. The molecule has 136 valence electrons. The van der Waals surface area contributed by atoms with Crippen molar-refractivity contribution in [3.63, 3.8) is 0 Å². The number of nitrogens with zero attached hydrogens (tertiary/aromatic N) is 1. The van der Waals surface area contributed by atoms with E-state index < -0.39 is 0 Å². The van der Waals surface area contributed by atoms with Gasteiger partial charge in [0, 0.05) is 25.4 Å². The van der Waals surface area contributed by atoms with Crippen molar-refractivity contribution >= 4 is 0 Å². The molecular formula is C22H26FN2O+. The maximum Gasteiger partial charge on any atom is 0.132 e. The van der Waals surface area contributed by atoms with Gasteiger partial charge in [0.1, 0.15) is 25.5 Å². The Hall–Kier alpha value is -2.43. The lowest BCUT2D eigenvalue weighted by Crippen LogP contribution is -3.10. The minimum Gasteiger partial charge on any atom is -0.379 e. The standard InChI is InChI=1S/C22H25FN2O/c1-26-15-14-24(17-20-10-5-6-12-22(20)23)18-21-11-7-13-25(21)16-19-8-3-2-4-9-19/h2-13H,14-18H2,1H3/p+1. The first kappa shape index (κ1) is 18.4. The van der Waals surface area contributed by atoms with Gasteiger partial charge in [-0.25, -0.2) is 4.39 Å². The van der Waals surface area contributed by atoms with Gasteiger partial charge < -0.3 is 14.2 Å². The molecule has 1 atom stereocenters. The largest absolute Gasteiger partial charge is 0.379 e. The maximum atomic E-state index is 14.1. The molecule has 1 unspecified atom stereocenters. The van der Waals surface area contributed by atoms with Crippen LogP contribution in [0.25, 0.3) is 0 Å². The predicted molar refractivity (Wildman–Crippen MR) is 101 cm³/mol. The lowest BCUT2D eigenvalue weighted by atomic mass is 10.2. The summed E-state index contributed by atoms with van der Waals surface area (Å²) < 4.78 is 21.6. The fraction of sp³-hybridized carbons (Fsp3) is 0.273. The lowest BCUT2D eigenvalue weighted by Gasteiger charge is -2.21. The van der Waals surface area contributed by atoms with Crippen LogP contribution in [0.5, 0.6) is 0 Å². The Bertz CT molecular complexity index is 801. The van der Waals surface area contributed by atoms with E-state index in [9.17, 15) is 4.39 Å². The fourth-order valence-electron chi connectivity index (χ4n) is 3.20. The third-order valence-electron chi connectivity index (χ3n) is 4.61. The highest BCUT2D eigenvalue weighted by molar-refractivity contribution is 5.18. The summed E-state index contributed by atoms with van der Waals surface area (Å²) in [6.07, 6.45) is 2.11.